The predicted molar refractivity (Wildman–Crippen MR) is 57.3 cm³/mol. The molecule has 12 heavy (non-hydrogen) atoms. The SMILES string of the molecule is C/C=c1/cccc/c1=C/C.CC. The molecule has 0 spiro atoms. The predicted octanol–water partition coefficient (Wildman–Crippen LogP) is 2.31. The van der Waals surface area contributed by atoms with Crippen LogP contribution in [0.1, 0.15) is 27.7 Å². The molecule has 0 radical (unpaired) electrons. The Balaban J connectivity index is 0.000000561. The van der Waals surface area contributed by atoms with Crippen LogP contribution in [0.5, 0.6) is 0 Å². The zero-order valence-corrected chi connectivity index (χ0v) is 8.46. The van der Waals surface area contributed by atoms with E-state index in [0.29, 0.717) is 0 Å². The Morgan fingerprint density at radius 3 is 1.42 bits per heavy atom. The van der Waals surface area contributed by atoms with E-state index in [1.54, 1.807) is 0 Å². The topological polar surface area (TPSA) is 0 Å². The summed E-state index contributed by atoms with van der Waals surface area (Å²) in [4.78, 5) is 0. The van der Waals surface area contributed by atoms with Crippen molar-refractivity contribution < 1.29 is 0 Å². The minimum absolute atomic E-state index is 1.31. The maximum atomic E-state index is 2.12. The van der Waals surface area contributed by atoms with Crippen LogP contribution in [0.15, 0.2) is 24.3 Å². The van der Waals surface area contributed by atoms with Gasteiger partial charge < -0.3 is 0 Å². The van der Waals surface area contributed by atoms with E-state index in [1.165, 1.54) is 10.4 Å². The lowest BCUT2D eigenvalue weighted by atomic mass is 10.2. The van der Waals surface area contributed by atoms with Gasteiger partial charge in [0.2, 0.25) is 0 Å². The van der Waals surface area contributed by atoms with Crippen molar-refractivity contribution in [3.63, 3.8) is 0 Å². The lowest BCUT2D eigenvalue weighted by molar-refractivity contribution is 1.50. The van der Waals surface area contributed by atoms with Crippen LogP contribution < -0.4 is 10.4 Å². The molecule has 0 aliphatic rings. The third-order valence-corrected chi connectivity index (χ3v) is 1.62. The van der Waals surface area contributed by atoms with Gasteiger partial charge in [0, 0.05) is 0 Å². The first-order valence-corrected chi connectivity index (χ1v) is 4.56. The van der Waals surface area contributed by atoms with Crippen molar-refractivity contribution in [3.8, 4) is 0 Å². The molecule has 0 aliphatic heterocycles. The largest absolute Gasteiger partial charge is 0.0798 e. The van der Waals surface area contributed by atoms with Gasteiger partial charge in [0.25, 0.3) is 0 Å². The smallest absolute Gasteiger partial charge is 0.0230 e. The molecule has 0 amide bonds. The van der Waals surface area contributed by atoms with Crippen LogP contribution in [-0.2, 0) is 0 Å². The molecule has 0 aliphatic carbocycles. The van der Waals surface area contributed by atoms with Crippen molar-refractivity contribution in [3.05, 3.63) is 34.7 Å². The van der Waals surface area contributed by atoms with Gasteiger partial charge in [-0.25, -0.2) is 0 Å². The van der Waals surface area contributed by atoms with Gasteiger partial charge in [0.15, 0.2) is 0 Å². The van der Waals surface area contributed by atoms with Crippen molar-refractivity contribution >= 4 is 12.2 Å². The Hall–Kier alpha value is -1.04. The molecule has 0 nitrogen and oxygen atoms in total. The van der Waals surface area contributed by atoms with Crippen LogP contribution in [0, 0.1) is 0 Å². The van der Waals surface area contributed by atoms with E-state index in [9.17, 15) is 0 Å². The Bertz CT molecular complexity index is 274. The van der Waals surface area contributed by atoms with Gasteiger partial charge in [-0.05, 0) is 24.3 Å². The van der Waals surface area contributed by atoms with Crippen molar-refractivity contribution in [2.45, 2.75) is 27.7 Å². The molecule has 0 atom stereocenters. The molecule has 0 saturated heterocycles. The van der Waals surface area contributed by atoms with Crippen molar-refractivity contribution in [2.24, 2.45) is 0 Å². The average molecular weight is 162 g/mol. The molecule has 0 bridgehead atoms. The summed E-state index contributed by atoms with van der Waals surface area (Å²) in [5.74, 6) is 0. The molecule has 0 heteroatoms. The first-order valence-electron chi connectivity index (χ1n) is 4.56. The number of rotatable bonds is 0. The maximum absolute atomic E-state index is 2.12. The molecule has 0 aromatic heterocycles. The number of hydrogen-bond acceptors (Lipinski definition) is 0. The summed E-state index contributed by atoms with van der Waals surface area (Å²) in [5.41, 5.74) is 0. The summed E-state index contributed by atoms with van der Waals surface area (Å²) in [6.45, 7) is 8.12. The minimum atomic E-state index is 1.31. The second-order valence-electron chi connectivity index (χ2n) is 2.21. The van der Waals surface area contributed by atoms with E-state index in [4.69, 9.17) is 0 Å². The molecule has 0 heterocycles. The lowest BCUT2D eigenvalue weighted by Gasteiger charge is -1.85. The number of hydrogen-bond donors (Lipinski definition) is 0. The van der Waals surface area contributed by atoms with Crippen LogP contribution in [0.3, 0.4) is 0 Å². The second kappa shape index (κ2) is 6.66. The first-order chi connectivity index (χ1) is 5.88. The van der Waals surface area contributed by atoms with E-state index in [-0.39, 0.29) is 0 Å². The van der Waals surface area contributed by atoms with E-state index >= 15 is 0 Å². The highest BCUT2D eigenvalue weighted by Gasteiger charge is 1.77. The summed E-state index contributed by atoms with van der Waals surface area (Å²) >= 11 is 0. The van der Waals surface area contributed by atoms with Gasteiger partial charge in [-0.2, -0.15) is 0 Å². The Kier molecular flexibility index (Phi) is 6.08. The highest BCUT2D eigenvalue weighted by atomic mass is 13.8. The normalized spacial score (nSPS) is 12.3. The monoisotopic (exact) mass is 162 g/mol. The Labute approximate surface area is 75.2 Å². The standard InChI is InChI=1S/C10H12.C2H6/c1-3-9-7-5-6-8-10(9)4-2;1-2/h3-8H,1-2H3;1-2H3/b9-3-,10-4-;. The summed E-state index contributed by atoms with van der Waals surface area (Å²) in [5, 5.41) is 2.62. The molecular formula is C12H18. The fourth-order valence-electron chi connectivity index (χ4n) is 1.04. The highest BCUT2D eigenvalue weighted by Crippen LogP contribution is 1.71. The average Bonchev–Trinajstić information content (AvgIpc) is 2.20. The first kappa shape index (κ1) is 11.0. The molecule has 1 aromatic carbocycles. The lowest BCUT2D eigenvalue weighted by Crippen LogP contribution is -2.22. The molecule has 0 unspecified atom stereocenters. The van der Waals surface area contributed by atoms with Crippen LogP contribution in [0.2, 0.25) is 0 Å². The van der Waals surface area contributed by atoms with Crippen molar-refractivity contribution in [1.82, 2.24) is 0 Å². The molecule has 1 aromatic rings. The van der Waals surface area contributed by atoms with Gasteiger partial charge in [0.05, 0.1) is 0 Å². The van der Waals surface area contributed by atoms with Crippen LogP contribution in [0.4, 0.5) is 0 Å². The Morgan fingerprint density at radius 2 is 1.17 bits per heavy atom. The van der Waals surface area contributed by atoms with E-state index in [2.05, 4.69) is 50.3 Å². The van der Waals surface area contributed by atoms with Crippen LogP contribution in [0.25, 0.3) is 12.2 Å². The van der Waals surface area contributed by atoms with Gasteiger partial charge in [-0.3, -0.25) is 0 Å². The van der Waals surface area contributed by atoms with Crippen LogP contribution in [-0.4, -0.2) is 0 Å². The summed E-state index contributed by atoms with van der Waals surface area (Å²) < 4.78 is 0. The fraction of sp³-hybridized carbons (Fsp3) is 0.333. The maximum Gasteiger partial charge on any atom is -0.0230 e. The van der Waals surface area contributed by atoms with E-state index in [1.807, 2.05) is 13.8 Å². The van der Waals surface area contributed by atoms with Gasteiger partial charge in [0.1, 0.15) is 0 Å². The van der Waals surface area contributed by atoms with Gasteiger partial charge in [-0.1, -0.05) is 50.3 Å². The molecule has 1 rings (SSSR count). The summed E-state index contributed by atoms with van der Waals surface area (Å²) in [7, 11) is 0. The highest BCUT2D eigenvalue weighted by molar-refractivity contribution is 5.28. The third kappa shape index (κ3) is 2.91. The minimum Gasteiger partial charge on any atom is -0.0798 e. The molecular weight excluding hydrogens is 144 g/mol. The Morgan fingerprint density at radius 1 is 0.833 bits per heavy atom. The summed E-state index contributed by atoms with van der Waals surface area (Å²) in [6, 6.07) is 8.36. The zero-order valence-electron chi connectivity index (χ0n) is 8.46. The second-order valence-corrected chi connectivity index (χ2v) is 2.21. The number of benzene rings is 1. The summed E-state index contributed by atoms with van der Waals surface area (Å²) in [6.07, 6.45) is 4.24. The van der Waals surface area contributed by atoms with E-state index < -0.39 is 0 Å². The van der Waals surface area contributed by atoms with Crippen molar-refractivity contribution in [1.29, 1.82) is 0 Å². The molecule has 0 saturated carbocycles. The third-order valence-electron chi connectivity index (χ3n) is 1.62. The van der Waals surface area contributed by atoms with Gasteiger partial charge >= 0.3 is 0 Å². The van der Waals surface area contributed by atoms with Crippen molar-refractivity contribution in [2.75, 3.05) is 0 Å². The zero-order chi connectivity index (χ0) is 9.40. The fourth-order valence-corrected chi connectivity index (χ4v) is 1.04. The quantitative estimate of drug-likeness (QED) is 0.549. The molecule has 66 valence electrons. The molecule has 0 N–H and O–H groups in total. The van der Waals surface area contributed by atoms with Crippen LogP contribution >= 0.6 is 0 Å². The van der Waals surface area contributed by atoms with E-state index in [0.717, 1.165) is 0 Å². The van der Waals surface area contributed by atoms with Gasteiger partial charge in [-0.15, -0.1) is 0 Å². The molecule has 0 fully saturated rings.